The van der Waals surface area contributed by atoms with Crippen molar-refractivity contribution in [3.8, 4) is 5.75 Å². The molecule has 1 aromatic carbocycles. The third-order valence-corrected chi connectivity index (χ3v) is 4.93. The molecular weight excluding hydrogens is 316 g/mol. The molecule has 25 heavy (non-hydrogen) atoms. The summed E-state index contributed by atoms with van der Waals surface area (Å²) in [5.41, 5.74) is 6.96. The van der Waals surface area contributed by atoms with E-state index in [2.05, 4.69) is 29.1 Å². The largest absolute Gasteiger partial charge is 0.495 e. The molecule has 1 unspecified atom stereocenters. The number of ether oxygens (including phenoxy) is 2. The highest BCUT2D eigenvalue weighted by molar-refractivity contribution is 5.93. The van der Waals surface area contributed by atoms with Gasteiger partial charge >= 0.3 is 0 Å². The molecule has 0 radical (unpaired) electrons. The zero-order valence-electron chi connectivity index (χ0n) is 15.7. The summed E-state index contributed by atoms with van der Waals surface area (Å²) >= 11 is 0. The lowest BCUT2D eigenvalue weighted by atomic mass is 9.92. The zero-order valence-corrected chi connectivity index (χ0v) is 15.7. The number of hydrogen-bond acceptors (Lipinski definition) is 4. The number of morpholine rings is 1. The van der Waals surface area contributed by atoms with Crippen LogP contribution in [0.3, 0.4) is 0 Å². The molecule has 6 nitrogen and oxygen atoms in total. The van der Waals surface area contributed by atoms with Crippen molar-refractivity contribution in [2.24, 2.45) is 16.6 Å². The average Bonchev–Trinajstić information content (AvgIpc) is 2.66. The van der Waals surface area contributed by atoms with Gasteiger partial charge in [0.1, 0.15) is 5.75 Å². The fourth-order valence-corrected chi connectivity index (χ4v) is 3.42. The second kappa shape index (κ2) is 10.3. The molecule has 0 aromatic heterocycles. The molecule has 140 valence electrons. The summed E-state index contributed by atoms with van der Waals surface area (Å²) in [7, 11) is 1.65. The number of aliphatic imine (C=N–C) groups is 1. The lowest BCUT2D eigenvalue weighted by molar-refractivity contribution is 0.00398. The van der Waals surface area contributed by atoms with Gasteiger partial charge in [-0.25, -0.2) is 0 Å². The Hall–Kier alpha value is -1.79. The third-order valence-electron chi connectivity index (χ3n) is 4.93. The lowest BCUT2D eigenvalue weighted by Gasteiger charge is -2.38. The molecular formula is C19H32N4O2. The van der Waals surface area contributed by atoms with Crippen LogP contribution < -0.4 is 15.8 Å². The summed E-state index contributed by atoms with van der Waals surface area (Å²) in [5, 5.41) is 3.15. The molecule has 0 saturated carbocycles. The van der Waals surface area contributed by atoms with E-state index in [-0.39, 0.29) is 0 Å². The first-order valence-corrected chi connectivity index (χ1v) is 9.21. The van der Waals surface area contributed by atoms with Crippen LogP contribution in [-0.4, -0.2) is 56.9 Å². The summed E-state index contributed by atoms with van der Waals surface area (Å²) in [4.78, 5) is 7.13. The van der Waals surface area contributed by atoms with Crippen LogP contribution >= 0.6 is 0 Å². The molecule has 6 heteroatoms. The molecule has 1 atom stereocenters. The second-order valence-electron chi connectivity index (χ2n) is 6.34. The fourth-order valence-electron chi connectivity index (χ4n) is 3.42. The Morgan fingerprint density at radius 2 is 1.96 bits per heavy atom. The van der Waals surface area contributed by atoms with Crippen molar-refractivity contribution >= 4 is 11.6 Å². The maximum atomic E-state index is 6.13. The molecule has 1 saturated heterocycles. The number of anilines is 1. The molecule has 1 fully saturated rings. The Balaban J connectivity index is 2.05. The highest BCUT2D eigenvalue weighted by Crippen LogP contribution is 2.23. The topological polar surface area (TPSA) is 72.1 Å². The van der Waals surface area contributed by atoms with E-state index in [9.17, 15) is 0 Å². The number of nitrogens with one attached hydrogen (secondary N) is 1. The van der Waals surface area contributed by atoms with Gasteiger partial charge in [0.05, 0.1) is 32.6 Å². The molecule has 2 rings (SSSR count). The predicted octanol–water partition coefficient (Wildman–Crippen LogP) is 2.56. The van der Waals surface area contributed by atoms with E-state index in [1.54, 1.807) is 7.11 Å². The third kappa shape index (κ3) is 5.61. The number of para-hydroxylation sites is 2. The Morgan fingerprint density at radius 1 is 1.28 bits per heavy atom. The van der Waals surface area contributed by atoms with Crippen molar-refractivity contribution in [3.63, 3.8) is 0 Å². The summed E-state index contributed by atoms with van der Waals surface area (Å²) in [6.45, 7) is 8.74. The lowest BCUT2D eigenvalue weighted by Crippen LogP contribution is -2.48. The maximum Gasteiger partial charge on any atom is 0.193 e. The van der Waals surface area contributed by atoms with Gasteiger partial charge in [0, 0.05) is 19.1 Å². The van der Waals surface area contributed by atoms with E-state index in [1.807, 2.05) is 24.3 Å². The molecule has 3 N–H and O–H groups in total. The summed E-state index contributed by atoms with van der Waals surface area (Å²) in [6.07, 6.45) is 2.29. The molecule has 0 spiro atoms. The minimum absolute atomic E-state index is 0.400. The van der Waals surface area contributed by atoms with Crippen molar-refractivity contribution in [3.05, 3.63) is 24.3 Å². The normalized spacial score (nSPS) is 17.5. The number of methoxy groups -OCH3 is 1. The number of hydrogen-bond donors (Lipinski definition) is 2. The van der Waals surface area contributed by atoms with Crippen molar-refractivity contribution in [1.29, 1.82) is 0 Å². The van der Waals surface area contributed by atoms with Crippen LogP contribution in [0.1, 0.15) is 26.7 Å². The van der Waals surface area contributed by atoms with Gasteiger partial charge in [0.25, 0.3) is 0 Å². The molecule has 1 aliphatic heterocycles. The van der Waals surface area contributed by atoms with Crippen LogP contribution in [0.25, 0.3) is 0 Å². The van der Waals surface area contributed by atoms with Crippen LogP contribution in [-0.2, 0) is 4.74 Å². The van der Waals surface area contributed by atoms with Crippen LogP contribution in [0.2, 0.25) is 0 Å². The quantitative estimate of drug-likeness (QED) is 0.558. The van der Waals surface area contributed by atoms with Crippen molar-refractivity contribution in [2.45, 2.75) is 32.7 Å². The van der Waals surface area contributed by atoms with Gasteiger partial charge in [-0.1, -0.05) is 38.8 Å². The fraction of sp³-hybridized carbons (Fsp3) is 0.632. The Labute approximate surface area is 151 Å². The van der Waals surface area contributed by atoms with Crippen LogP contribution in [0.4, 0.5) is 5.69 Å². The smallest absolute Gasteiger partial charge is 0.193 e. The number of nitrogens with zero attached hydrogens (tertiary/aromatic N) is 2. The van der Waals surface area contributed by atoms with Crippen LogP contribution in [0.15, 0.2) is 29.3 Å². The van der Waals surface area contributed by atoms with Crippen molar-refractivity contribution < 1.29 is 9.47 Å². The Morgan fingerprint density at radius 3 is 2.60 bits per heavy atom. The minimum atomic E-state index is 0.400. The summed E-state index contributed by atoms with van der Waals surface area (Å²) in [6, 6.07) is 8.10. The highest BCUT2D eigenvalue weighted by atomic mass is 16.5. The number of nitrogens with two attached hydrogens (primary N) is 1. The Bertz CT molecular complexity index is 540. The first-order chi connectivity index (χ1) is 12.2. The van der Waals surface area contributed by atoms with Gasteiger partial charge < -0.3 is 20.5 Å². The second-order valence-corrected chi connectivity index (χ2v) is 6.34. The predicted molar refractivity (Wildman–Crippen MR) is 103 cm³/mol. The molecule has 1 aromatic rings. The molecule has 0 amide bonds. The van der Waals surface area contributed by atoms with Crippen LogP contribution in [0, 0.1) is 5.92 Å². The van der Waals surface area contributed by atoms with Gasteiger partial charge in [-0.15, -0.1) is 0 Å². The minimum Gasteiger partial charge on any atom is -0.495 e. The Kier molecular flexibility index (Phi) is 8.01. The average molecular weight is 348 g/mol. The first-order valence-electron chi connectivity index (χ1n) is 9.21. The number of benzene rings is 1. The van der Waals surface area contributed by atoms with Crippen molar-refractivity contribution in [2.75, 3.05) is 45.3 Å². The SMILES string of the molecule is CCC(CC)C(CN=C(N)Nc1ccccc1OC)N1CCOCC1. The van der Waals surface area contributed by atoms with Gasteiger partial charge in [-0.3, -0.25) is 9.89 Å². The zero-order chi connectivity index (χ0) is 18.1. The van der Waals surface area contributed by atoms with E-state index < -0.39 is 0 Å². The van der Waals surface area contributed by atoms with Gasteiger partial charge in [-0.05, 0) is 18.1 Å². The molecule has 0 bridgehead atoms. The summed E-state index contributed by atoms with van der Waals surface area (Å²) in [5.74, 6) is 1.79. The standard InChI is InChI=1S/C19H32N4O2/c1-4-15(5-2)17(23-10-12-25-13-11-23)14-21-19(20)22-16-8-6-7-9-18(16)24-3/h6-9,15,17H,4-5,10-14H2,1-3H3,(H3,20,21,22). The number of guanidine groups is 1. The monoisotopic (exact) mass is 348 g/mol. The van der Waals surface area contributed by atoms with E-state index in [0.717, 1.165) is 50.6 Å². The number of rotatable bonds is 8. The van der Waals surface area contributed by atoms with Gasteiger partial charge in [0.15, 0.2) is 5.96 Å². The van der Waals surface area contributed by atoms with Crippen LogP contribution in [0.5, 0.6) is 5.75 Å². The highest BCUT2D eigenvalue weighted by Gasteiger charge is 2.26. The molecule has 0 aliphatic carbocycles. The molecule has 1 heterocycles. The maximum absolute atomic E-state index is 6.13. The summed E-state index contributed by atoms with van der Waals surface area (Å²) < 4.78 is 10.8. The van der Waals surface area contributed by atoms with Gasteiger partial charge in [0.2, 0.25) is 0 Å². The molecule has 1 aliphatic rings. The van der Waals surface area contributed by atoms with E-state index >= 15 is 0 Å². The van der Waals surface area contributed by atoms with E-state index in [4.69, 9.17) is 15.2 Å². The van der Waals surface area contributed by atoms with Gasteiger partial charge in [-0.2, -0.15) is 0 Å². The first kappa shape index (κ1) is 19.5. The van der Waals surface area contributed by atoms with E-state index in [0.29, 0.717) is 24.5 Å². The van der Waals surface area contributed by atoms with Crippen molar-refractivity contribution in [1.82, 2.24) is 4.90 Å². The van der Waals surface area contributed by atoms with E-state index in [1.165, 1.54) is 0 Å².